The van der Waals surface area contributed by atoms with Crippen molar-refractivity contribution in [1.29, 1.82) is 0 Å². The Morgan fingerprint density at radius 1 is 0.778 bits per heavy atom. The predicted octanol–water partition coefficient (Wildman–Crippen LogP) is -12.6. The van der Waals surface area contributed by atoms with Crippen molar-refractivity contribution in [2.75, 3.05) is 0 Å². The first-order chi connectivity index (χ1) is 6.34. The minimum atomic E-state index is -5.81. The van der Waals surface area contributed by atoms with Gasteiger partial charge in [-0.2, -0.15) is 0 Å². The van der Waals surface area contributed by atoms with Gasteiger partial charge in [0, 0.05) is 0 Å². The van der Waals surface area contributed by atoms with Crippen LogP contribution in [0.25, 0.3) is 0 Å². The van der Waals surface area contributed by atoms with Crippen molar-refractivity contribution in [3.05, 3.63) is 0 Å². The Kier molecular flexibility index (Phi) is 19.4. The van der Waals surface area contributed by atoms with Gasteiger partial charge in [-0.1, -0.05) is 0 Å². The fourth-order valence-corrected chi connectivity index (χ4v) is 1.96. The van der Waals surface area contributed by atoms with E-state index in [9.17, 15) is 38.9 Å². The molecule has 0 fully saturated rings. The van der Waals surface area contributed by atoms with Crippen LogP contribution < -0.4 is 159 Å². The van der Waals surface area contributed by atoms with Gasteiger partial charge in [0.2, 0.25) is 4.38 Å². The Bertz CT molecular complexity index is 539. The molecule has 0 spiro atoms. The molecule has 0 heterocycles. The first kappa shape index (κ1) is 30.0. The van der Waals surface area contributed by atoms with Gasteiger partial charge in [0.05, 0.1) is 0 Å². The van der Waals surface area contributed by atoms with Gasteiger partial charge in [-0.15, -0.1) is 5.10 Å². The van der Waals surface area contributed by atoms with Crippen LogP contribution >= 0.6 is 0 Å². The van der Waals surface area contributed by atoms with E-state index in [1.54, 1.807) is 0 Å². The van der Waals surface area contributed by atoms with Crippen molar-refractivity contribution >= 4 is 34.9 Å². The average molecular weight is 399 g/mol. The van der Waals surface area contributed by atoms with Gasteiger partial charge >= 0.3 is 154 Å². The molecule has 0 rings (SSSR count). The van der Waals surface area contributed by atoms with Gasteiger partial charge in [0.15, 0.2) is 30.5 Å². The van der Waals surface area contributed by atoms with E-state index in [-0.39, 0.29) is 154 Å². The van der Waals surface area contributed by atoms with Gasteiger partial charge in [-0.05, 0) is 0 Å². The Balaban J connectivity index is -0.000000327. The van der Waals surface area contributed by atoms with E-state index in [1.165, 1.54) is 0 Å². The second kappa shape index (κ2) is 11.6. The molecule has 17 heteroatoms. The van der Waals surface area contributed by atoms with E-state index >= 15 is 0 Å². The first-order valence-corrected chi connectivity index (χ1v) is 6.78. The summed E-state index contributed by atoms with van der Waals surface area (Å²) in [6.45, 7) is 0. The van der Waals surface area contributed by atoms with Crippen LogP contribution in [0.15, 0.2) is 5.10 Å². The van der Waals surface area contributed by atoms with E-state index in [1.807, 2.05) is 5.10 Å². The summed E-state index contributed by atoms with van der Waals surface area (Å²) in [4.78, 5) is 0.481. The van der Waals surface area contributed by atoms with Gasteiger partial charge in [-0.25, -0.2) is 30.1 Å². The summed E-state index contributed by atoms with van der Waals surface area (Å²) in [6, 6.07) is 0. The molecule has 0 aromatic carbocycles. The van der Waals surface area contributed by atoms with Crippen molar-refractivity contribution in [3.63, 3.8) is 0 Å². The zero-order valence-corrected chi connectivity index (χ0v) is 21.2. The molecule has 0 saturated carbocycles. The minimum Gasteiger partial charge on any atom is -0.742 e. The van der Waals surface area contributed by atoms with E-state index in [4.69, 9.17) is 0 Å². The number of nitrogens with one attached hydrogen (secondary N) is 1. The fourth-order valence-electron chi connectivity index (χ4n) is 0.330. The molecular weight excluding hydrogens is 398 g/mol. The fraction of sp³-hybridized carbons (Fsp3) is 0. The van der Waals surface area contributed by atoms with Gasteiger partial charge in [0.1, 0.15) is 0 Å². The summed E-state index contributed by atoms with van der Waals surface area (Å²) in [7, 11) is -17.0. The van der Waals surface area contributed by atoms with Crippen LogP contribution in [0.5, 0.6) is 0 Å². The molecule has 0 unspecified atom stereocenters. The average Bonchev–Trinajstić information content (AvgIpc) is 1.75. The second-order valence-electron chi connectivity index (χ2n) is 1.83. The second-order valence-corrected chi connectivity index (χ2v) is 5.77. The molecule has 18 heavy (non-hydrogen) atoms. The summed E-state index contributed by atoms with van der Waals surface area (Å²) < 4.78 is 87.5. The molecule has 0 aliphatic heterocycles. The molecular formula is CHK3N2O9S3. The van der Waals surface area contributed by atoms with E-state index in [2.05, 4.69) is 0 Å². The normalized spacial score (nSPS) is 11.1. The topological polar surface area (TPSA) is 196 Å². The zero-order chi connectivity index (χ0) is 12.5. The molecule has 90 valence electrons. The SMILES string of the molecule is O=S(=O)([O-])NN=C(S(=O)(=O)[O-])S(=O)(=O)[O-].[K+].[K+].[K+]. The Morgan fingerprint density at radius 3 is 1.22 bits per heavy atom. The number of rotatable bonds is 2. The molecule has 0 aromatic heterocycles. The molecule has 0 atom stereocenters. The number of nitrogens with zero attached hydrogens (tertiary/aromatic N) is 1. The van der Waals surface area contributed by atoms with Crippen molar-refractivity contribution in [3.8, 4) is 0 Å². The van der Waals surface area contributed by atoms with Crippen LogP contribution in [0.4, 0.5) is 0 Å². The quantitative estimate of drug-likeness (QED) is 0.154. The summed E-state index contributed by atoms with van der Waals surface area (Å²) in [5.41, 5.74) is 0. The van der Waals surface area contributed by atoms with Crippen LogP contribution in [0, 0.1) is 0 Å². The van der Waals surface area contributed by atoms with Gasteiger partial charge < -0.3 is 13.7 Å². The van der Waals surface area contributed by atoms with Crippen molar-refractivity contribution in [1.82, 2.24) is 4.83 Å². The Morgan fingerprint density at radius 2 is 1.06 bits per heavy atom. The van der Waals surface area contributed by atoms with Gasteiger partial charge in [-0.3, -0.25) is 0 Å². The Hall–Kier alpha value is 4.11. The summed E-state index contributed by atoms with van der Waals surface area (Å²) in [5.74, 6) is 0. The number of hydrogen-bond acceptors (Lipinski definition) is 10. The zero-order valence-electron chi connectivity index (χ0n) is 9.35. The van der Waals surface area contributed by atoms with Gasteiger partial charge in [0.25, 0.3) is 0 Å². The smallest absolute Gasteiger partial charge is 0.742 e. The van der Waals surface area contributed by atoms with Crippen LogP contribution in [0.1, 0.15) is 0 Å². The van der Waals surface area contributed by atoms with Crippen molar-refractivity contribution in [2.24, 2.45) is 5.10 Å². The molecule has 0 amide bonds. The molecule has 0 saturated heterocycles. The maximum Gasteiger partial charge on any atom is 1.00 e. The standard InChI is InChI=1S/CH4N2O9S3.3K/c4-13(5,6)1(14(7,8)9)2-3-15(10,11)12;;;/h3H,(H,4,5,6)(H,7,8,9)(H,10,11,12);;;/q;3*+1/p-3. The third-order valence-corrected chi connectivity index (χ3v) is 3.25. The molecule has 11 nitrogen and oxygen atoms in total. The molecule has 0 bridgehead atoms. The summed E-state index contributed by atoms with van der Waals surface area (Å²) in [6.07, 6.45) is 0. The number of hydrogen-bond donors (Lipinski definition) is 1. The summed E-state index contributed by atoms with van der Waals surface area (Å²) >= 11 is 0. The maximum atomic E-state index is 10.1. The molecule has 0 aliphatic rings. The largest absolute Gasteiger partial charge is 1.00 e. The Labute approximate surface area is 231 Å². The van der Waals surface area contributed by atoms with Crippen molar-refractivity contribution < 1.29 is 193 Å². The number of hydrazone groups is 1. The summed E-state index contributed by atoms with van der Waals surface area (Å²) in [5, 5.41) is 1.90. The van der Waals surface area contributed by atoms with Crippen LogP contribution in [-0.2, 0) is 30.5 Å². The molecule has 1 N–H and O–H groups in total. The predicted molar refractivity (Wildman–Crippen MR) is 39.7 cm³/mol. The third kappa shape index (κ3) is 15.0. The van der Waals surface area contributed by atoms with Crippen LogP contribution in [0.2, 0.25) is 0 Å². The minimum absolute atomic E-state index is 0. The van der Waals surface area contributed by atoms with Crippen LogP contribution in [-0.4, -0.2) is 43.3 Å². The maximum absolute atomic E-state index is 10.1. The van der Waals surface area contributed by atoms with Crippen LogP contribution in [0.3, 0.4) is 0 Å². The van der Waals surface area contributed by atoms with E-state index in [0.717, 1.165) is 0 Å². The first-order valence-electron chi connectivity index (χ1n) is 2.56. The van der Waals surface area contributed by atoms with E-state index in [0.29, 0.717) is 4.83 Å². The molecule has 0 aliphatic carbocycles. The molecule has 0 aromatic rings. The van der Waals surface area contributed by atoms with Crippen molar-refractivity contribution in [2.45, 2.75) is 0 Å². The monoisotopic (exact) mass is 398 g/mol. The third-order valence-electron chi connectivity index (χ3n) is 0.676. The molecule has 0 radical (unpaired) electrons. The van der Waals surface area contributed by atoms with E-state index < -0.39 is 34.9 Å².